The predicted octanol–water partition coefficient (Wildman–Crippen LogP) is 2.30. The second kappa shape index (κ2) is 6.09. The lowest BCUT2D eigenvalue weighted by Gasteiger charge is -1.99. The Kier molecular flexibility index (Phi) is 4.00. The molecule has 2 atom stereocenters. The molecular formula is C16H17FN4O. The van der Waals surface area contributed by atoms with Gasteiger partial charge in [-0.3, -0.25) is 4.79 Å². The largest absolute Gasteiger partial charge is 0.273 e. The lowest BCUT2D eigenvalue weighted by atomic mass is 10.1. The van der Waals surface area contributed by atoms with E-state index in [4.69, 9.17) is 0 Å². The van der Waals surface area contributed by atoms with Gasteiger partial charge in [0.2, 0.25) is 11.9 Å². The first-order valence-corrected chi connectivity index (χ1v) is 7.30. The number of amides is 1. The molecule has 0 saturated heterocycles. The van der Waals surface area contributed by atoms with Crippen molar-refractivity contribution >= 4 is 12.1 Å². The molecule has 1 saturated carbocycles. The zero-order valence-electron chi connectivity index (χ0n) is 12.2. The van der Waals surface area contributed by atoms with Crippen molar-refractivity contribution in [2.75, 3.05) is 0 Å². The third kappa shape index (κ3) is 2.90. The van der Waals surface area contributed by atoms with Crippen LogP contribution in [-0.4, -0.2) is 21.9 Å². The Hall–Kier alpha value is -2.50. The Balaban J connectivity index is 1.55. The molecule has 1 aliphatic rings. The number of hydrazone groups is 1. The number of halogens is 1. The molecule has 22 heavy (non-hydrogen) atoms. The van der Waals surface area contributed by atoms with E-state index in [1.165, 1.54) is 22.7 Å². The Morgan fingerprint density at radius 3 is 2.95 bits per heavy atom. The number of nitrogens with zero attached hydrogens (tertiary/aromatic N) is 3. The molecule has 0 unspecified atom stereocenters. The summed E-state index contributed by atoms with van der Waals surface area (Å²) in [5, 5.41) is 7.69. The quantitative estimate of drug-likeness (QED) is 0.680. The molecule has 1 aliphatic carbocycles. The molecule has 1 N–H and O–H groups in total. The van der Waals surface area contributed by atoms with Crippen LogP contribution in [0.4, 0.5) is 4.39 Å². The molecule has 1 fully saturated rings. The molecule has 2 aromatic rings. The van der Waals surface area contributed by atoms with E-state index >= 15 is 0 Å². The fourth-order valence-corrected chi connectivity index (χ4v) is 2.49. The highest BCUT2D eigenvalue weighted by molar-refractivity contribution is 5.85. The van der Waals surface area contributed by atoms with Crippen molar-refractivity contribution in [3.05, 3.63) is 53.6 Å². The Labute approximate surface area is 127 Å². The van der Waals surface area contributed by atoms with Crippen LogP contribution in [0.25, 0.3) is 0 Å². The van der Waals surface area contributed by atoms with Crippen LogP contribution in [0, 0.1) is 11.9 Å². The summed E-state index contributed by atoms with van der Waals surface area (Å²) in [5.41, 5.74) is 3.90. The zero-order chi connectivity index (χ0) is 15.5. The lowest BCUT2D eigenvalue weighted by Crippen LogP contribution is -2.20. The topological polar surface area (TPSA) is 59.3 Å². The monoisotopic (exact) mass is 300 g/mol. The Morgan fingerprint density at radius 1 is 1.50 bits per heavy atom. The van der Waals surface area contributed by atoms with E-state index in [9.17, 15) is 9.18 Å². The summed E-state index contributed by atoms with van der Waals surface area (Å²) in [7, 11) is 0. The van der Waals surface area contributed by atoms with Gasteiger partial charge in [-0.1, -0.05) is 30.3 Å². The molecule has 0 aliphatic heterocycles. The van der Waals surface area contributed by atoms with Crippen molar-refractivity contribution in [1.29, 1.82) is 0 Å². The average Bonchev–Trinajstić information content (AvgIpc) is 3.28. The molecule has 3 rings (SSSR count). The lowest BCUT2D eigenvalue weighted by molar-refractivity contribution is -0.122. The number of aryl methyl sites for hydroxylation is 1. The molecule has 1 amide bonds. The molecule has 6 heteroatoms. The minimum absolute atomic E-state index is 0.0530. The second-order valence-electron chi connectivity index (χ2n) is 5.30. The normalized spacial score (nSPS) is 20.3. The van der Waals surface area contributed by atoms with Crippen LogP contribution in [0.2, 0.25) is 0 Å². The minimum atomic E-state index is -0.450. The molecule has 1 aromatic heterocycles. The third-order valence-electron chi connectivity index (χ3n) is 3.83. The maximum atomic E-state index is 13.7. The van der Waals surface area contributed by atoms with Crippen LogP contribution in [0.3, 0.4) is 0 Å². The van der Waals surface area contributed by atoms with Crippen molar-refractivity contribution in [2.45, 2.75) is 25.8 Å². The van der Waals surface area contributed by atoms with Gasteiger partial charge in [-0.25, -0.2) is 10.1 Å². The van der Waals surface area contributed by atoms with Gasteiger partial charge in [-0.15, -0.1) is 0 Å². The highest BCUT2D eigenvalue weighted by Crippen LogP contribution is 2.47. The van der Waals surface area contributed by atoms with E-state index in [-0.39, 0.29) is 23.3 Å². The second-order valence-corrected chi connectivity index (χ2v) is 5.30. The summed E-state index contributed by atoms with van der Waals surface area (Å²) >= 11 is 0. The van der Waals surface area contributed by atoms with Crippen LogP contribution in [0.5, 0.6) is 0 Å². The van der Waals surface area contributed by atoms with Gasteiger partial charge in [0.1, 0.15) is 0 Å². The summed E-state index contributed by atoms with van der Waals surface area (Å²) in [6.45, 7) is 2.25. The van der Waals surface area contributed by atoms with Gasteiger partial charge in [0, 0.05) is 12.5 Å². The van der Waals surface area contributed by atoms with Gasteiger partial charge in [0.25, 0.3) is 0 Å². The van der Waals surface area contributed by atoms with E-state index < -0.39 is 5.95 Å². The standard InChI is InChI=1S/C16H17FN4O/c1-2-21-15(17)12(10-19-21)9-18-20-16(22)14-8-13(14)11-6-4-3-5-7-11/h3-7,9-10,13-14H,2,8H2,1H3,(H,20,22)/b18-9-/t13-,14+/m0/s1. The number of rotatable bonds is 5. The smallest absolute Gasteiger partial charge is 0.243 e. The molecule has 0 radical (unpaired) electrons. The summed E-state index contributed by atoms with van der Waals surface area (Å²) in [4.78, 5) is 12.0. The number of hydrogen-bond donors (Lipinski definition) is 1. The number of carbonyl (C=O) groups is 1. The van der Waals surface area contributed by atoms with E-state index in [2.05, 4.69) is 15.6 Å². The van der Waals surface area contributed by atoms with Gasteiger partial charge < -0.3 is 0 Å². The molecule has 1 aromatic carbocycles. The maximum Gasteiger partial charge on any atom is 0.243 e. The van der Waals surface area contributed by atoms with Crippen LogP contribution in [-0.2, 0) is 11.3 Å². The number of hydrogen-bond acceptors (Lipinski definition) is 3. The van der Waals surface area contributed by atoms with Gasteiger partial charge in [-0.05, 0) is 24.8 Å². The number of benzene rings is 1. The zero-order valence-corrected chi connectivity index (χ0v) is 12.2. The number of nitrogens with one attached hydrogen (secondary N) is 1. The van der Waals surface area contributed by atoms with Gasteiger partial charge in [0.05, 0.1) is 18.0 Å². The third-order valence-corrected chi connectivity index (χ3v) is 3.83. The van der Waals surface area contributed by atoms with E-state index in [1.807, 2.05) is 30.3 Å². The van der Waals surface area contributed by atoms with Crippen molar-refractivity contribution in [3.8, 4) is 0 Å². The molecule has 0 spiro atoms. The fraction of sp³-hybridized carbons (Fsp3) is 0.312. The predicted molar refractivity (Wildman–Crippen MR) is 80.9 cm³/mol. The van der Waals surface area contributed by atoms with Gasteiger partial charge in [-0.2, -0.15) is 14.6 Å². The Morgan fingerprint density at radius 2 is 2.27 bits per heavy atom. The molecule has 114 valence electrons. The van der Waals surface area contributed by atoms with E-state index in [0.29, 0.717) is 6.54 Å². The van der Waals surface area contributed by atoms with E-state index in [1.54, 1.807) is 6.92 Å². The molecule has 0 bridgehead atoms. The summed E-state index contributed by atoms with van der Waals surface area (Å²) in [6, 6.07) is 9.94. The Bertz CT molecular complexity index is 695. The van der Waals surface area contributed by atoms with Crippen molar-refractivity contribution < 1.29 is 9.18 Å². The van der Waals surface area contributed by atoms with Crippen LogP contribution < -0.4 is 5.43 Å². The van der Waals surface area contributed by atoms with Crippen LogP contribution in [0.15, 0.2) is 41.6 Å². The van der Waals surface area contributed by atoms with Crippen molar-refractivity contribution in [2.24, 2.45) is 11.0 Å². The highest BCUT2D eigenvalue weighted by atomic mass is 19.1. The van der Waals surface area contributed by atoms with Crippen molar-refractivity contribution in [3.63, 3.8) is 0 Å². The van der Waals surface area contributed by atoms with Crippen molar-refractivity contribution in [1.82, 2.24) is 15.2 Å². The number of carbonyl (C=O) groups excluding carboxylic acids is 1. The first-order valence-electron chi connectivity index (χ1n) is 7.30. The molecule has 5 nitrogen and oxygen atoms in total. The summed E-state index contributed by atoms with van der Waals surface area (Å²) in [6.07, 6.45) is 3.50. The SMILES string of the molecule is CCn1ncc(/C=N\NC(=O)[C@@H]2C[C@H]2c2ccccc2)c1F. The fourth-order valence-electron chi connectivity index (χ4n) is 2.49. The van der Waals surface area contributed by atoms with Gasteiger partial charge in [0.15, 0.2) is 0 Å². The van der Waals surface area contributed by atoms with Crippen LogP contribution >= 0.6 is 0 Å². The summed E-state index contributed by atoms with van der Waals surface area (Å²) < 4.78 is 14.9. The minimum Gasteiger partial charge on any atom is -0.273 e. The molecular weight excluding hydrogens is 283 g/mol. The highest BCUT2D eigenvalue weighted by Gasteiger charge is 2.43. The van der Waals surface area contributed by atoms with Crippen LogP contribution in [0.1, 0.15) is 30.4 Å². The maximum absolute atomic E-state index is 13.7. The first-order chi connectivity index (χ1) is 10.7. The van der Waals surface area contributed by atoms with E-state index in [0.717, 1.165) is 6.42 Å². The van der Waals surface area contributed by atoms with Gasteiger partial charge >= 0.3 is 0 Å². The summed E-state index contributed by atoms with van der Waals surface area (Å²) in [5.74, 6) is -0.374. The average molecular weight is 300 g/mol. The number of aromatic nitrogens is 2. The molecule has 1 heterocycles. The first kappa shape index (κ1) is 14.4.